The summed E-state index contributed by atoms with van der Waals surface area (Å²) in [7, 11) is 0. The summed E-state index contributed by atoms with van der Waals surface area (Å²) in [5, 5.41) is 0. The van der Waals surface area contributed by atoms with Gasteiger partial charge in [-0.2, -0.15) is 0 Å². The first kappa shape index (κ1) is 9.24. The number of allylic oxidation sites excluding steroid dienone is 3. The fourth-order valence-electron chi connectivity index (χ4n) is 1.68. The third kappa shape index (κ3) is 2.07. The van der Waals surface area contributed by atoms with Crippen molar-refractivity contribution in [3.05, 3.63) is 24.3 Å². The number of rotatable bonds is 2. The molecule has 0 fully saturated rings. The molecule has 0 saturated carbocycles. The Hall–Kier alpha value is -0.850. The van der Waals surface area contributed by atoms with Crippen LogP contribution in [0.2, 0.25) is 0 Å². The van der Waals surface area contributed by atoms with Crippen LogP contribution in [0.3, 0.4) is 0 Å². The molecule has 0 aliphatic heterocycles. The van der Waals surface area contributed by atoms with Crippen molar-refractivity contribution in [1.29, 1.82) is 0 Å². The van der Waals surface area contributed by atoms with Crippen LogP contribution < -0.4 is 0 Å². The summed E-state index contributed by atoms with van der Waals surface area (Å²) in [6.07, 6.45) is 6.74. The van der Waals surface area contributed by atoms with Crippen molar-refractivity contribution in [1.82, 2.24) is 0 Å². The lowest BCUT2D eigenvalue weighted by atomic mass is 9.79. The highest BCUT2D eigenvalue weighted by Crippen LogP contribution is 2.33. The molecular weight excluding hydrogens is 148 g/mol. The van der Waals surface area contributed by atoms with Gasteiger partial charge in [0.25, 0.3) is 0 Å². The highest BCUT2D eigenvalue weighted by atomic mass is 16.1. The smallest absolute Gasteiger partial charge is 0.180 e. The van der Waals surface area contributed by atoms with Gasteiger partial charge in [0.15, 0.2) is 5.78 Å². The fraction of sp³-hybridized carbons (Fsp3) is 0.545. The van der Waals surface area contributed by atoms with Gasteiger partial charge in [-0.1, -0.05) is 26.5 Å². The first-order valence-electron chi connectivity index (χ1n) is 4.44. The van der Waals surface area contributed by atoms with E-state index in [1.807, 2.05) is 0 Å². The highest BCUT2D eigenvalue weighted by molar-refractivity contribution is 6.03. The Bertz CT molecular complexity index is 233. The van der Waals surface area contributed by atoms with Gasteiger partial charge >= 0.3 is 0 Å². The molecule has 66 valence electrons. The normalized spacial score (nSPS) is 21.3. The molecule has 1 rings (SSSR count). The van der Waals surface area contributed by atoms with Crippen LogP contribution in [-0.4, -0.2) is 5.78 Å². The predicted molar refractivity (Wildman–Crippen MR) is 50.9 cm³/mol. The maximum atomic E-state index is 11.3. The molecule has 0 amide bonds. The number of carbonyl (C=O) groups is 1. The van der Waals surface area contributed by atoms with Gasteiger partial charge in [-0.05, 0) is 36.3 Å². The van der Waals surface area contributed by atoms with E-state index in [4.69, 9.17) is 0 Å². The van der Waals surface area contributed by atoms with E-state index in [2.05, 4.69) is 26.5 Å². The second-order valence-corrected chi connectivity index (χ2v) is 4.08. The highest BCUT2D eigenvalue weighted by Gasteiger charge is 2.22. The zero-order valence-corrected chi connectivity index (χ0v) is 7.89. The maximum absolute atomic E-state index is 11.3. The van der Waals surface area contributed by atoms with E-state index in [1.165, 1.54) is 12.5 Å². The molecule has 0 radical (unpaired) electrons. The van der Waals surface area contributed by atoms with Gasteiger partial charge in [-0.25, -0.2) is 0 Å². The summed E-state index contributed by atoms with van der Waals surface area (Å²) in [4.78, 5) is 11.3. The molecule has 0 heterocycles. The van der Waals surface area contributed by atoms with E-state index in [9.17, 15) is 4.79 Å². The Labute approximate surface area is 74.2 Å². The van der Waals surface area contributed by atoms with Crippen LogP contribution in [0.15, 0.2) is 24.3 Å². The Balaban J connectivity index is 2.84. The molecule has 0 aromatic rings. The van der Waals surface area contributed by atoms with Crippen molar-refractivity contribution in [2.45, 2.75) is 33.1 Å². The summed E-state index contributed by atoms with van der Waals surface area (Å²) in [6.45, 7) is 7.83. The van der Waals surface area contributed by atoms with Crippen molar-refractivity contribution in [2.75, 3.05) is 0 Å². The largest absolute Gasteiger partial charge is 0.290 e. The Morgan fingerprint density at radius 3 is 2.83 bits per heavy atom. The van der Waals surface area contributed by atoms with E-state index in [-0.39, 0.29) is 11.2 Å². The van der Waals surface area contributed by atoms with E-state index < -0.39 is 0 Å². The minimum absolute atomic E-state index is 0.0998. The number of hydrogen-bond donors (Lipinski definition) is 0. The lowest BCUT2D eigenvalue weighted by molar-refractivity contribution is -0.111. The fourth-order valence-corrected chi connectivity index (χ4v) is 1.68. The van der Waals surface area contributed by atoms with Gasteiger partial charge in [-0.3, -0.25) is 4.79 Å². The Morgan fingerprint density at radius 1 is 1.67 bits per heavy atom. The van der Waals surface area contributed by atoms with Gasteiger partial charge in [0, 0.05) is 0 Å². The van der Waals surface area contributed by atoms with Crippen LogP contribution in [0.25, 0.3) is 0 Å². The number of ketones is 1. The Morgan fingerprint density at radius 2 is 2.33 bits per heavy atom. The second-order valence-electron chi connectivity index (χ2n) is 4.08. The Kier molecular flexibility index (Phi) is 2.51. The molecule has 0 spiro atoms. The zero-order valence-electron chi connectivity index (χ0n) is 7.89. The molecule has 0 bridgehead atoms. The third-order valence-electron chi connectivity index (χ3n) is 2.33. The minimum Gasteiger partial charge on any atom is -0.290 e. The molecule has 1 aliphatic carbocycles. The van der Waals surface area contributed by atoms with Crippen LogP contribution in [0.5, 0.6) is 0 Å². The van der Waals surface area contributed by atoms with Crippen molar-refractivity contribution in [3.63, 3.8) is 0 Å². The monoisotopic (exact) mass is 164 g/mol. The lowest BCUT2D eigenvalue weighted by Crippen LogP contribution is -2.16. The van der Waals surface area contributed by atoms with Gasteiger partial charge in [0.1, 0.15) is 0 Å². The second kappa shape index (κ2) is 3.26. The maximum Gasteiger partial charge on any atom is 0.180 e. The van der Waals surface area contributed by atoms with E-state index in [1.54, 1.807) is 0 Å². The molecule has 12 heavy (non-hydrogen) atoms. The molecule has 0 aromatic heterocycles. The summed E-state index contributed by atoms with van der Waals surface area (Å²) in [5.41, 5.74) is 1.15. The predicted octanol–water partition coefficient (Wildman–Crippen LogP) is 2.88. The van der Waals surface area contributed by atoms with Crippen LogP contribution in [-0.2, 0) is 4.79 Å². The molecule has 0 unspecified atom stereocenters. The van der Waals surface area contributed by atoms with E-state index >= 15 is 0 Å². The van der Waals surface area contributed by atoms with Gasteiger partial charge < -0.3 is 0 Å². The lowest BCUT2D eigenvalue weighted by Gasteiger charge is -2.26. The zero-order chi connectivity index (χ0) is 9.19. The SMILES string of the molecule is C=CC(=O)C1=CC(C)(C)CCC1. The van der Waals surface area contributed by atoms with Gasteiger partial charge in [-0.15, -0.1) is 0 Å². The van der Waals surface area contributed by atoms with Crippen molar-refractivity contribution in [3.8, 4) is 0 Å². The quantitative estimate of drug-likeness (QED) is 0.573. The molecule has 0 aromatic carbocycles. The van der Waals surface area contributed by atoms with Crippen molar-refractivity contribution >= 4 is 5.78 Å². The average Bonchev–Trinajstić information content (AvgIpc) is 2.01. The third-order valence-corrected chi connectivity index (χ3v) is 2.33. The standard InChI is InChI=1S/C11H16O/c1-4-10(12)9-6-5-7-11(2,3)8-9/h4,8H,1,5-7H2,2-3H3. The van der Waals surface area contributed by atoms with Crippen molar-refractivity contribution < 1.29 is 4.79 Å². The first-order chi connectivity index (χ1) is 5.55. The molecule has 1 nitrogen and oxygen atoms in total. The molecule has 0 saturated heterocycles. The minimum atomic E-state index is 0.0998. The average molecular weight is 164 g/mol. The van der Waals surface area contributed by atoms with Crippen LogP contribution >= 0.6 is 0 Å². The topological polar surface area (TPSA) is 17.1 Å². The van der Waals surface area contributed by atoms with E-state index in [0.29, 0.717) is 0 Å². The first-order valence-corrected chi connectivity index (χ1v) is 4.44. The summed E-state index contributed by atoms with van der Waals surface area (Å²) in [6, 6.07) is 0. The molecule has 0 atom stereocenters. The summed E-state index contributed by atoms with van der Waals surface area (Å²) >= 11 is 0. The molecule has 1 heteroatoms. The number of hydrogen-bond acceptors (Lipinski definition) is 1. The summed E-state index contributed by atoms with van der Waals surface area (Å²) in [5.74, 6) is 0.0998. The van der Waals surface area contributed by atoms with Crippen LogP contribution in [0.4, 0.5) is 0 Å². The van der Waals surface area contributed by atoms with Crippen LogP contribution in [0.1, 0.15) is 33.1 Å². The van der Waals surface area contributed by atoms with Gasteiger partial charge in [0.2, 0.25) is 0 Å². The van der Waals surface area contributed by atoms with Crippen LogP contribution in [0, 0.1) is 5.41 Å². The molecule has 0 N–H and O–H groups in total. The summed E-state index contributed by atoms with van der Waals surface area (Å²) < 4.78 is 0. The van der Waals surface area contributed by atoms with Gasteiger partial charge in [0.05, 0.1) is 0 Å². The molecular formula is C11H16O. The van der Waals surface area contributed by atoms with Crippen molar-refractivity contribution in [2.24, 2.45) is 5.41 Å². The molecule has 1 aliphatic rings. The number of carbonyl (C=O) groups excluding carboxylic acids is 1. The van der Waals surface area contributed by atoms with E-state index in [0.717, 1.165) is 18.4 Å².